The minimum Gasteiger partial charge on any atom is -0.394 e. The van der Waals surface area contributed by atoms with Crippen molar-refractivity contribution in [3.8, 4) is 11.3 Å². The van der Waals surface area contributed by atoms with Crippen LogP contribution in [0, 0.1) is 0 Å². The van der Waals surface area contributed by atoms with E-state index in [1.165, 1.54) is 50.5 Å². The third kappa shape index (κ3) is 6.87. The molecule has 44 heavy (non-hydrogen) atoms. The largest absolute Gasteiger partial charge is 0.416 e. The molecule has 2 heterocycles. The lowest BCUT2D eigenvalue weighted by Crippen LogP contribution is -2.33. The molecule has 15 heteroatoms. The molecule has 0 aliphatic heterocycles. The van der Waals surface area contributed by atoms with Crippen LogP contribution in [0.1, 0.15) is 52.2 Å². The Morgan fingerprint density at radius 2 is 1.55 bits per heavy atom. The van der Waals surface area contributed by atoms with Gasteiger partial charge in [0.15, 0.2) is 5.76 Å². The minimum absolute atomic E-state index is 0.0117. The second kappa shape index (κ2) is 11.9. The normalized spacial score (nSPS) is 13.1. The second-order valence-electron chi connectivity index (χ2n) is 10.1. The van der Waals surface area contributed by atoms with Gasteiger partial charge in [-0.1, -0.05) is 28.9 Å². The fraction of sp³-hybridized carbons (Fsp3) is 0.207. The number of benzene rings is 2. The van der Waals surface area contributed by atoms with E-state index in [4.69, 9.17) is 27.7 Å². The van der Waals surface area contributed by atoms with E-state index < -0.39 is 52.7 Å². The molecule has 0 atom stereocenters. The molecule has 0 spiro atoms. The number of Topliss-reactive ketones (excluding diaryl/α,β-unsaturated/α-hetero) is 1. The Morgan fingerprint density at radius 3 is 2.07 bits per heavy atom. The quantitative estimate of drug-likeness (QED) is 0.0651. The van der Waals surface area contributed by atoms with Gasteiger partial charge in [-0.2, -0.15) is 26.3 Å². The zero-order valence-electron chi connectivity index (χ0n) is 23.0. The fourth-order valence-corrected chi connectivity index (χ4v) is 4.58. The van der Waals surface area contributed by atoms with Crippen LogP contribution in [0.25, 0.3) is 17.0 Å². The lowest BCUT2D eigenvalue weighted by atomic mass is 9.92. The Labute approximate surface area is 251 Å². The van der Waals surface area contributed by atoms with Crippen LogP contribution in [0.5, 0.6) is 0 Å². The molecule has 0 radical (unpaired) electrons. The summed E-state index contributed by atoms with van der Waals surface area (Å²) in [7, 11) is 0. The maximum atomic E-state index is 14.1. The highest BCUT2D eigenvalue weighted by atomic mass is 35.5. The number of aliphatic hydroxyl groups is 1. The number of pyridine rings is 1. The number of alkyl halides is 6. The molecule has 0 bridgehead atoms. The number of carbonyl (C=O) groups is 1. The molecule has 0 aliphatic rings. The number of ketones is 1. The monoisotopic (exact) mass is 639 g/mol. The van der Waals surface area contributed by atoms with Crippen molar-refractivity contribution in [3.05, 3.63) is 111 Å². The Morgan fingerprint density at radius 1 is 0.977 bits per heavy atom. The summed E-state index contributed by atoms with van der Waals surface area (Å²) in [5.41, 5.74) is 0.0935. The standard InChI is InChI=1S/C29H24ClF6N5O3/c1-27(2,43)26-21(25(44-40-26)19-5-3-4-6-20(19)30)24(42)22(37)23(16-7-9-39-10-8-16)41(38)14-15-11-17(28(31,32)33)13-18(12-15)29(34,35)36/h3-13,43H,14,37-38H2,1-2H3/b23-22-. The number of rotatable bonds is 8. The summed E-state index contributed by atoms with van der Waals surface area (Å²) >= 11 is 6.33. The zero-order valence-corrected chi connectivity index (χ0v) is 23.7. The summed E-state index contributed by atoms with van der Waals surface area (Å²) in [5, 5.41) is 15.6. The van der Waals surface area contributed by atoms with Gasteiger partial charge in [0, 0.05) is 23.5 Å². The van der Waals surface area contributed by atoms with E-state index in [0.717, 1.165) is 5.01 Å². The van der Waals surface area contributed by atoms with Crippen molar-refractivity contribution in [3.63, 3.8) is 0 Å². The maximum Gasteiger partial charge on any atom is 0.416 e. The Hall–Kier alpha value is -4.40. The predicted molar refractivity (Wildman–Crippen MR) is 148 cm³/mol. The maximum absolute atomic E-state index is 14.1. The lowest BCUT2D eigenvalue weighted by molar-refractivity contribution is -0.143. The highest BCUT2D eigenvalue weighted by Gasteiger charge is 2.38. The van der Waals surface area contributed by atoms with E-state index in [0.29, 0.717) is 12.1 Å². The summed E-state index contributed by atoms with van der Waals surface area (Å²) in [5.74, 6) is 5.12. The molecule has 4 rings (SSSR count). The van der Waals surface area contributed by atoms with Gasteiger partial charge < -0.3 is 20.4 Å². The van der Waals surface area contributed by atoms with Crippen LogP contribution in [0.15, 0.2) is 77.2 Å². The van der Waals surface area contributed by atoms with E-state index in [9.17, 15) is 36.2 Å². The van der Waals surface area contributed by atoms with Crippen LogP contribution < -0.4 is 11.6 Å². The summed E-state index contributed by atoms with van der Waals surface area (Å²) in [6.07, 6.45) is -7.57. The van der Waals surface area contributed by atoms with E-state index >= 15 is 0 Å². The van der Waals surface area contributed by atoms with Gasteiger partial charge in [0.1, 0.15) is 17.0 Å². The van der Waals surface area contributed by atoms with E-state index in [1.54, 1.807) is 12.1 Å². The number of carbonyl (C=O) groups excluding carboxylic acids is 1. The number of halogens is 7. The van der Waals surface area contributed by atoms with Gasteiger partial charge in [0.25, 0.3) is 0 Å². The van der Waals surface area contributed by atoms with E-state index in [-0.39, 0.29) is 44.9 Å². The molecule has 8 nitrogen and oxygen atoms in total. The van der Waals surface area contributed by atoms with Gasteiger partial charge in [-0.25, -0.2) is 5.84 Å². The highest BCUT2D eigenvalue weighted by molar-refractivity contribution is 6.33. The van der Waals surface area contributed by atoms with Crippen LogP contribution in [-0.4, -0.2) is 26.0 Å². The highest BCUT2D eigenvalue weighted by Crippen LogP contribution is 2.39. The van der Waals surface area contributed by atoms with Crippen LogP contribution >= 0.6 is 11.6 Å². The molecule has 0 amide bonds. The molecular weight excluding hydrogens is 616 g/mol. The Kier molecular flexibility index (Phi) is 8.82. The number of hydrogen-bond donors (Lipinski definition) is 3. The van der Waals surface area contributed by atoms with Gasteiger partial charge in [0.05, 0.1) is 34.0 Å². The number of allylic oxidation sites excluding steroid dienone is 1. The molecular formula is C29H24ClF6N5O3. The van der Waals surface area contributed by atoms with Crippen LogP contribution in [0.2, 0.25) is 5.02 Å². The first kappa shape index (κ1) is 32.5. The molecule has 0 saturated carbocycles. The second-order valence-corrected chi connectivity index (χ2v) is 10.6. The van der Waals surface area contributed by atoms with Gasteiger partial charge in [-0.05, 0) is 61.9 Å². The molecule has 0 fully saturated rings. The number of hydrogen-bond acceptors (Lipinski definition) is 8. The third-order valence-electron chi connectivity index (χ3n) is 6.36. The number of nitrogens with two attached hydrogens (primary N) is 2. The summed E-state index contributed by atoms with van der Waals surface area (Å²) in [6, 6.07) is 10.0. The summed E-state index contributed by atoms with van der Waals surface area (Å²) in [4.78, 5) is 18.0. The number of aromatic nitrogens is 2. The first-order valence-corrected chi connectivity index (χ1v) is 13.0. The Balaban J connectivity index is 1.90. The van der Waals surface area contributed by atoms with Crippen LogP contribution in [-0.2, 0) is 24.5 Å². The smallest absolute Gasteiger partial charge is 0.394 e. The SMILES string of the molecule is CC(C)(O)c1noc(-c2ccccc2Cl)c1C(=O)/C(N)=C(\c1ccncc1)N(N)Cc1cc(C(F)(F)F)cc(C(F)(F)F)c1. The topological polar surface area (TPSA) is 132 Å². The fourth-order valence-electron chi connectivity index (χ4n) is 4.36. The van der Waals surface area contributed by atoms with Crippen molar-refractivity contribution in [2.24, 2.45) is 11.6 Å². The van der Waals surface area contributed by atoms with Crippen LogP contribution in [0.3, 0.4) is 0 Å². The molecule has 0 aliphatic carbocycles. The van der Waals surface area contributed by atoms with Crippen molar-refractivity contribution in [1.82, 2.24) is 15.1 Å². The van der Waals surface area contributed by atoms with E-state index in [1.807, 2.05) is 0 Å². The van der Waals surface area contributed by atoms with Crippen molar-refractivity contribution < 1.29 is 40.8 Å². The first-order chi connectivity index (χ1) is 20.4. The van der Waals surface area contributed by atoms with Crippen molar-refractivity contribution in [1.29, 1.82) is 0 Å². The summed E-state index contributed by atoms with van der Waals surface area (Å²) < 4.78 is 86.4. The molecule has 232 valence electrons. The van der Waals surface area contributed by atoms with E-state index in [2.05, 4.69) is 10.1 Å². The van der Waals surface area contributed by atoms with Gasteiger partial charge in [-0.15, -0.1) is 0 Å². The van der Waals surface area contributed by atoms with Crippen molar-refractivity contribution >= 4 is 23.1 Å². The van der Waals surface area contributed by atoms with Crippen molar-refractivity contribution in [2.75, 3.05) is 0 Å². The zero-order chi connectivity index (χ0) is 32.6. The van der Waals surface area contributed by atoms with Gasteiger partial charge >= 0.3 is 12.4 Å². The Bertz CT molecular complexity index is 1680. The number of hydrazine groups is 1. The lowest BCUT2D eigenvalue weighted by Gasteiger charge is -2.25. The molecule has 4 aromatic rings. The first-order valence-electron chi connectivity index (χ1n) is 12.6. The van der Waals surface area contributed by atoms with Gasteiger partial charge in [-0.3, -0.25) is 9.78 Å². The molecule has 0 saturated heterocycles. The third-order valence-corrected chi connectivity index (χ3v) is 6.69. The number of nitrogens with zero attached hydrogens (tertiary/aromatic N) is 3. The molecule has 2 aromatic heterocycles. The average molecular weight is 640 g/mol. The van der Waals surface area contributed by atoms with Crippen molar-refractivity contribution in [2.45, 2.75) is 38.3 Å². The average Bonchev–Trinajstić information content (AvgIpc) is 3.38. The van der Waals surface area contributed by atoms with Crippen LogP contribution in [0.4, 0.5) is 26.3 Å². The summed E-state index contributed by atoms with van der Waals surface area (Å²) in [6.45, 7) is 1.93. The minimum atomic E-state index is -5.09. The van der Waals surface area contributed by atoms with Gasteiger partial charge in [0.2, 0.25) is 5.78 Å². The molecule has 0 unspecified atom stereocenters. The predicted octanol–water partition coefficient (Wildman–Crippen LogP) is 6.54. The molecule has 2 aromatic carbocycles. The molecule has 5 N–H and O–H groups in total.